The van der Waals surface area contributed by atoms with Crippen LogP contribution in [0.5, 0.6) is 11.5 Å². The number of carbonyl (C=O) groups is 1. The largest absolute Gasteiger partial charge is 0.497 e. The number of hydrogen-bond donors (Lipinski definition) is 0. The minimum absolute atomic E-state index is 0.0297. The molecule has 0 radical (unpaired) electrons. The molecule has 0 atom stereocenters. The molecule has 1 heterocycles. The number of ether oxygens (including phenoxy) is 2. The fraction of sp³-hybridized carbons (Fsp3) is 0.296. The third-order valence-corrected chi connectivity index (χ3v) is 6.08. The van der Waals surface area contributed by atoms with Crippen LogP contribution in [0.25, 0.3) is 0 Å². The Hall–Kier alpha value is -3.31. The molecule has 0 aromatic heterocycles. The van der Waals surface area contributed by atoms with Gasteiger partial charge in [-0.05, 0) is 43.2 Å². The summed E-state index contributed by atoms with van der Waals surface area (Å²) in [5.41, 5.74) is 2.77. The fourth-order valence-electron chi connectivity index (χ4n) is 4.38. The number of carbonyl (C=O) groups excluding carboxylic acids is 1. The van der Waals surface area contributed by atoms with Crippen LogP contribution in [0.4, 0.5) is 5.69 Å². The van der Waals surface area contributed by atoms with Gasteiger partial charge in [0.15, 0.2) is 0 Å². The van der Waals surface area contributed by atoms with Gasteiger partial charge in [0.2, 0.25) is 0 Å². The predicted molar refractivity (Wildman–Crippen MR) is 128 cm³/mol. The molecule has 32 heavy (non-hydrogen) atoms. The van der Waals surface area contributed by atoms with Crippen molar-refractivity contribution >= 4 is 11.6 Å². The zero-order chi connectivity index (χ0) is 22.3. The van der Waals surface area contributed by atoms with Gasteiger partial charge in [0.1, 0.15) is 11.5 Å². The van der Waals surface area contributed by atoms with Crippen molar-refractivity contribution in [3.8, 4) is 11.5 Å². The van der Waals surface area contributed by atoms with E-state index in [1.54, 1.807) is 14.2 Å². The van der Waals surface area contributed by atoms with E-state index in [-0.39, 0.29) is 11.9 Å². The summed E-state index contributed by atoms with van der Waals surface area (Å²) in [6, 6.07) is 25.6. The summed E-state index contributed by atoms with van der Waals surface area (Å²) in [6.45, 7) is 2.69. The highest BCUT2D eigenvalue weighted by Crippen LogP contribution is 2.30. The Bertz CT molecular complexity index is 1030. The molecule has 5 heteroatoms. The monoisotopic (exact) mass is 430 g/mol. The molecule has 1 aliphatic rings. The van der Waals surface area contributed by atoms with Crippen molar-refractivity contribution in [3.63, 3.8) is 0 Å². The molecule has 0 unspecified atom stereocenters. The maximum atomic E-state index is 13.6. The normalized spacial score (nSPS) is 14.7. The number of para-hydroxylation sites is 1. The van der Waals surface area contributed by atoms with Crippen molar-refractivity contribution < 1.29 is 14.3 Å². The average Bonchev–Trinajstić information content (AvgIpc) is 2.86. The SMILES string of the molecule is COc1cccc(N(C(=O)c2ccccc2)C2CCN(Cc3ccccc3OC)CC2)c1. The Morgan fingerprint density at radius 3 is 2.34 bits per heavy atom. The highest BCUT2D eigenvalue weighted by atomic mass is 16.5. The van der Waals surface area contributed by atoms with Crippen molar-refractivity contribution in [3.05, 3.63) is 90.0 Å². The van der Waals surface area contributed by atoms with Crippen LogP contribution >= 0.6 is 0 Å². The van der Waals surface area contributed by atoms with E-state index in [1.807, 2.05) is 77.7 Å². The van der Waals surface area contributed by atoms with Crippen molar-refractivity contribution in [2.24, 2.45) is 0 Å². The first-order valence-electron chi connectivity index (χ1n) is 11.1. The molecule has 5 nitrogen and oxygen atoms in total. The van der Waals surface area contributed by atoms with Crippen LogP contribution in [0.1, 0.15) is 28.8 Å². The first kappa shape index (κ1) is 21.9. The van der Waals surface area contributed by atoms with E-state index in [2.05, 4.69) is 11.0 Å². The van der Waals surface area contributed by atoms with Gasteiger partial charge in [-0.25, -0.2) is 0 Å². The van der Waals surface area contributed by atoms with Crippen LogP contribution in [0, 0.1) is 0 Å². The Labute approximate surface area is 190 Å². The summed E-state index contributed by atoms with van der Waals surface area (Å²) in [4.78, 5) is 17.9. The van der Waals surface area contributed by atoms with Gasteiger partial charge in [0.05, 0.1) is 14.2 Å². The number of anilines is 1. The Balaban J connectivity index is 1.53. The van der Waals surface area contributed by atoms with Crippen LogP contribution in [0.3, 0.4) is 0 Å². The fourth-order valence-corrected chi connectivity index (χ4v) is 4.38. The molecule has 0 N–H and O–H groups in total. The van der Waals surface area contributed by atoms with Gasteiger partial charge in [0, 0.05) is 48.6 Å². The molecule has 1 fully saturated rings. The molecule has 4 rings (SSSR count). The molecule has 1 aliphatic heterocycles. The van der Waals surface area contributed by atoms with Crippen LogP contribution < -0.4 is 14.4 Å². The lowest BCUT2D eigenvalue weighted by Crippen LogP contribution is -2.47. The highest BCUT2D eigenvalue weighted by molar-refractivity contribution is 6.06. The smallest absolute Gasteiger partial charge is 0.258 e. The number of benzene rings is 3. The lowest BCUT2D eigenvalue weighted by Gasteiger charge is -2.39. The Kier molecular flexibility index (Phi) is 7.07. The van der Waals surface area contributed by atoms with Gasteiger partial charge in [-0.15, -0.1) is 0 Å². The third-order valence-electron chi connectivity index (χ3n) is 6.08. The molecule has 1 amide bonds. The predicted octanol–water partition coefficient (Wildman–Crippen LogP) is 5.02. The first-order chi connectivity index (χ1) is 15.7. The minimum atomic E-state index is 0.0297. The van der Waals surface area contributed by atoms with Gasteiger partial charge in [0.25, 0.3) is 5.91 Å². The number of piperidine rings is 1. The van der Waals surface area contributed by atoms with Crippen molar-refractivity contribution in [2.75, 3.05) is 32.2 Å². The number of methoxy groups -OCH3 is 2. The van der Waals surface area contributed by atoms with Gasteiger partial charge in [-0.1, -0.05) is 42.5 Å². The molecule has 0 spiro atoms. The average molecular weight is 431 g/mol. The number of hydrogen-bond acceptors (Lipinski definition) is 4. The molecule has 0 saturated carbocycles. The zero-order valence-corrected chi connectivity index (χ0v) is 18.7. The second kappa shape index (κ2) is 10.3. The molecular weight excluding hydrogens is 400 g/mol. The molecule has 0 aliphatic carbocycles. The van der Waals surface area contributed by atoms with E-state index in [9.17, 15) is 4.79 Å². The molecular formula is C27H30N2O3. The van der Waals surface area contributed by atoms with E-state index in [4.69, 9.17) is 9.47 Å². The van der Waals surface area contributed by atoms with E-state index in [0.29, 0.717) is 5.56 Å². The molecule has 166 valence electrons. The van der Waals surface area contributed by atoms with E-state index in [1.165, 1.54) is 5.56 Å². The summed E-state index contributed by atoms with van der Waals surface area (Å²) in [7, 11) is 3.37. The second-order valence-corrected chi connectivity index (χ2v) is 8.06. The quantitative estimate of drug-likeness (QED) is 0.528. The van der Waals surface area contributed by atoms with Gasteiger partial charge < -0.3 is 14.4 Å². The number of likely N-dealkylation sites (tertiary alicyclic amines) is 1. The summed E-state index contributed by atoms with van der Waals surface area (Å²) in [5.74, 6) is 1.70. The van der Waals surface area contributed by atoms with Gasteiger partial charge in [-0.3, -0.25) is 9.69 Å². The maximum absolute atomic E-state index is 13.6. The Morgan fingerprint density at radius 1 is 0.906 bits per heavy atom. The zero-order valence-electron chi connectivity index (χ0n) is 18.7. The lowest BCUT2D eigenvalue weighted by molar-refractivity contribution is 0.0958. The van der Waals surface area contributed by atoms with Crippen LogP contribution in [0.2, 0.25) is 0 Å². The van der Waals surface area contributed by atoms with E-state index < -0.39 is 0 Å². The molecule has 1 saturated heterocycles. The molecule has 0 bridgehead atoms. The number of amides is 1. The maximum Gasteiger partial charge on any atom is 0.258 e. The van der Waals surface area contributed by atoms with Crippen molar-refractivity contribution in [1.82, 2.24) is 4.90 Å². The van der Waals surface area contributed by atoms with Crippen LogP contribution in [0.15, 0.2) is 78.9 Å². The molecule has 3 aromatic rings. The van der Waals surface area contributed by atoms with E-state index >= 15 is 0 Å². The lowest BCUT2D eigenvalue weighted by atomic mass is 10.00. The Morgan fingerprint density at radius 2 is 1.62 bits per heavy atom. The van der Waals surface area contributed by atoms with Crippen LogP contribution in [-0.4, -0.2) is 44.2 Å². The van der Waals surface area contributed by atoms with E-state index in [0.717, 1.165) is 49.7 Å². The van der Waals surface area contributed by atoms with Crippen molar-refractivity contribution in [2.45, 2.75) is 25.4 Å². The summed E-state index contributed by atoms with van der Waals surface area (Å²) >= 11 is 0. The van der Waals surface area contributed by atoms with Gasteiger partial charge in [-0.2, -0.15) is 0 Å². The number of nitrogens with zero attached hydrogens (tertiary/aromatic N) is 2. The van der Waals surface area contributed by atoms with Gasteiger partial charge >= 0.3 is 0 Å². The summed E-state index contributed by atoms with van der Waals surface area (Å²) in [5, 5.41) is 0. The molecule has 3 aromatic carbocycles. The first-order valence-corrected chi connectivity index (χ1v) is 11.1. The van der Waals surface area contributed by atoms with Crippen LogP contribution in [-0.2, 0) is 6.54 Å². The second-order valence-electron chi connectivity index (χ2n) is 8.06. The standard InChI is InChI=1S/C27H30N2O3/c1-31-25-13-8-12-24(19-25)29(27(30)21-9-4-3-5-10-21)23-15-17-28(18-16-23)20-22-11-6-7-14-26(22)32-2/h3-14,19,23H,15-18,20H2,1-2H3. The topological polar surface area (TPSA) is 42.0 Å². The summed E-state index contributed by atoms with van der Waals surface area (Å²) in [6.07, 6.45) is 1.82. The third kappa shape index (κ3) is 4.94. The highest BCUT2D eigenvalue weighted by Gasteiger charge is 2.30. The van der Waals surface area contributed by atoms with Crippen molar-refractivity contribution in [1.29, 1.82) is 0 Å². The number of rotatable bonds is 7. The minimum Gasteiger partial charge on any atom is -0.497 e. The summed E-state index contributed by atoms with van der Waals surface area (Å²) < 4.78 is 10.9.